The summed E-state index contributed by atoms with van der Waals surface area (Å²) in [5, 5.41) is 13.4. The molecular weight excluding hydrogens is 362 g/mol. The quantitative estimate of drug-likeness (QED) is 0.204. The van der Waals surface area contributed by atoms with Gasteiger partial charge in [0.2, 0.25) is 5.84 Å². The van der Waals surface area contributed by atoms with Gasteiger partial charge in [0, 0.05) is 10.6 Å². The Morgan fingerprint density at radius 1 is 0.889 bits per heavy atom. The lowest BCUT2D eigenvalue weighted by molar-refractivity contribution is 0.617. The van der Waals surface area contributed by atoms with E-state index in [2.05, 4.69) is 25.7 Å². The molecule has 0 saturated carbocycles. The van der Waals surface area contributed by atoms with Crippen molar-refractivity contribution in [2.45, 2.75) is 0 Å². The summed E-state index contributed by atoms with van der Waals surface area (Å²) in [5.74, 6) is 0.396. The smallest absolute Gasteiger partial charge is 0.316 e. The van der Waals surface area contributed by atoms with Crippen LogP contribution in [0.3, 0.4) is 0 Å². The number of oxazole rings is 1. The SMILES string of the molecule is Clc1ccc(N=NC(=NNc2nc3ccccc3o2)c2ccccc2)cc1. The molecule has 4 aromatic rings. The number of benzene rings is 3. The lowest BCUT2D eigenvalue weighted by atomic mass is 10.2. The Bertz CT molecular complexity index is 1070. The number of hydrogen-bond acceptors (Lipinski definition) is 5. The van der Waals surface area contributed by atoms with Gasteiger partial charge in [-0.2, -0.15) is 4.98 Å². The zero-order valence-corrected chi connectivity index (χ0v) is 14.8. The fourth-order valence-corrected chi connectivity index (χ4v) is 2.49. The fourth-order valence-electron chi connectivity index (χ4n) is 2.37. The van der Waals surface area contributed by atoms with Crippen molar-refractivity contribution in [1.82, 2.24) is 4.98 Å². The second-order valence-electron chi connectivity index (χ2n) is 5.58. The van der Waals surface area contributed by atoms with Gasteiger partial charge in [0.1, 0.15) is 5.52 Å². The maximum absolute atomic E-state index is 5.90. The van der Waals surface area contributed by atoms with Crippen LogP contribution in [0.25, 0.3) is 11.1 Å². The van der Waals surface area contributed by atoms with E-state index >= 15 is 0 Å². The molecule has 0 bridgehead atoms. The van der Waals surface area contributed by atoms with Crippen LogP contribution in [0.15, 0.2) is 98.6 Å². The molecule has 1 aromatic heterocycles. The summed E-state index contributed by atoms with van der Waals surface area (Å²) in [5.41, 5.74) is 5.72. The lowest BCUT2D eigenvalue weighted by Gasteiger charge is -2.00. The molecular formula is C20H14ClN5O. The number of azo groups is 1. The molecule has 0 spiro atoms. The minimum absolute atomic E-state index is 0.284. The van der Waals surface area contributed by atoms with Gasteiger partial charge in [-0.1, -0.05) is 54.1 Å². The second kappa shape index (κ2) is 7.80. The molecule has 3 aromatic carbocycles. The van der Waals surface area contributed by atoms with E-state index < -0.39 is 0 Å². The molecule has 132 valence electrons. The van der Waals surface area contributed by atoms with E-state index in [1.807, 2.05) is 54.6 Å². The monoisotopic (exact) mass is 375 g/mol. The third-order valence-electron chi connectivity index (χ3n) is 3.67. The van der Waals surface area contributed by atoms with Crippen molar-refractivity contribution in [3.8, 4) is 0 Å². The Morgan fingerprint density at radius 3 is 2.41 bits per heavy atom. The number of para-hydroxylation sites is 2. The standard InChI is InChI=1S/C20H14ClN5O/c21-15-10-12-16(13-11-15)23-24-19(14-6-2-1-3-7-14)25-26-20-22-17-8-4-5-9-18(17)27-20/h1-13H,(H,22,26). The summed E-state index contributed by atoms with van der Waals surface area (Å²) in [6.45, 7) is 0. The first-order chi connectivity index (χ1) is 13.3. The zero-order valence-electron chi connectivity index (χ0n) is 14.1. The Balaban J connectivity index is 1.62. The number of hydrogen-bond donors (Lipinski definition) is 1. The molecule has 0 aliphatic heterocycles. The van der Waals surface area contributed by atoms with Crippen LogP contribution < -0.4 is 5.43 Å². The van der Waals surface area contributed by atoms with Crippen LogP contribution in [0.4, 0.5) is 11.7 Å². The number of anilines is 1. The topological polar surface area (TPSA) is 75.1 Å². The second-order valence-corrected chi connectivity index (χ2v) is 6.01. The third kappa shape index (κ3) is 4.19. The van der Waals surface area contributed by atoms with Crippen molar-refractivity contribution in [2.24, 2.45) is 15.3 Å². The summed E-state index contributed by atoms with van der Waals surface area (Å²) < 4.78 is 5.61. The van der Waals surface area contributed by atoms with Crippen molar-refractivity contribution in [3.63, 3.8) is 0 Å². The number of hydrazone groups is 1. The highest BCUT2D eigenvalue weighted by molar-refractivity contribution is 6.30. The van der Waals surface area contributed by atoms with Gasteiger partial charge in [0.15, 0.2) is 5.58 Å². The number of nitrogens with zero attached hydrogens (tertiary/aromatic N) is 4. The van der Waals surface area contributed by atoms with E-state index in [0.717, 1.165) is 11.1 Å². The minimum atomic E-state index is 0.284. The van der Waals surface area contributed by atoms with Crippen LogP contribution >= 0.6 is 11.6 Å². The third-order valence-corrected chi connectivity index (χ3v) is 3.92. The van der Waals surface area contributed by atoms with E-state index in [-0.39, 0.29) is 6.01 Å². The number of fused-ring (bicyclic) bond motifs is 1. The normalized spacial score (nSPS) is 12.0. The average Bonchev–Trinajstić information content (AvgIpc) is 3.13. The first-order valence-electron chi connectivity index (χ1n) is 8.20. The number of amidine groups is 1. The molecule has 0 saturated heterocycles. The Kier molecular flexibility index (Phi) is 4.89. The van der Waals surface area contributed by atoms with Crippen LogP contribution in [0, 0.1) is 0 Å². The summed E-state index contributed by atoms with van der Waals surface area (Å²) in [6.07, 6.45) is 0. The first kappa shape index (κ1) is 16.9. The summed E-state index contributed by atoms with van der Waals surface area (Å²) in [6, 6.07) is 24.4. The number of rotatable bonds is 4. The first-order valence-corrected chi connectivity index (χ1v) is 8.58. The summed E-state index contributed by atoms with van der Waals surface area (Å²) >= 11 is 5.90. The van der Waals surface area contributed by atoms with Gasteiger partial charge < -0.3 is 4.42 Å². The van der Waals surface area contributed by atoms with Gasteiger partial charge in [-0.05, 0) is 36.4 Å². The Hall–Kier alpha value is -3.51. The van der Waals surface area contributed by atoms with Crippen LogP contribution in [-0.2, 0) is 0 Å². The van der Waals surface area contributed by atoms with Gasteiger partial charge in [-0.25, -0.2) is 5.43 Å². The number of aromatic nitrogens is 1. The maximum atomic E-state index is 5.90. The molecule has 0 aliphatic rings. The van der Waals surface area contributed by atoms with Gasteiger partial charge >= 0.3 is 6.01 Å². The zero-order chi connectivity index (χ0) is 18.5. The largest absolute Gasteiger partial charge is 0.422 e. The van der Waals surface area contributed by atoms with Crippen LogP contribution in [0.5, 0.6) is 0 Å². The van der Waals surface area contributed by atoms with Gasteiger partial charge in [0.25, 0.3) is 0 Å². The lowest BCUT2D eigenvalue weighted by Crippen LogP contribution is -2.01. The van der Waals surface area contributed by atoms with E-state index in [1.165, 1.54) is 0 Å². The van der Waals surface area contributed by atoms with Crippen molar-refractivity contribution in [1.29, 1.82) is 0 Å². The van der Waals surface area contributed by atoms with Gasteiger partial charge in [0.05, 0.1) is 5.69 Å². The molecule has 0 unspecified atom stereocenters. The molecule has 4 rings (SSSR count). The molecule has 27 heavy (non-hydrogen) atoms. The van der Waals surface area contributed by atoms with Crippen LogP contribution in [0.2, 0.25) is 5.02 Å². The molecule has 1 heterocycles. The Labute approximate surface area is 160 Å². The van der Waals surface area contributed by atoms with E-state index in [4.69, 9.17) is 16.0 Å². The minimum Gasteiger partial charge on any atom is -0.422 e. The number of halogens is 1. The van der Waals surface area contributed by atoms with Crippen molar-refractivity contribution < 1.29 is 4.42 Å². The summed E-state index contributed by atoms with van der Waals surface area (Å²) in [7, 11) is 0. The van der Waals surface area contributed by atoms with Crippen molar-refractivity contribution in [3.05, 3.63) is 89.4 Å². The van der Waals surface area contributed by atoms with E-state index in [0.29, 0.717) is 22.1 Å². The highest BCUT2D eigenvalue weighted by Crippen LogP contribution is 2.19. The molecule has 0 amide bonds. The molecule has 0 atom stereocenters. The van der Waals surface area contributed by atoms with E-state index in [1.54, 1.807) is 24.3 Å². The molecule has 1 N–H and O–H groups in total. The molecule has 0 aliphatic carbocycles. The Morgan fingerprint density at radius 2 is 1.63 bits per heavy atom. The van der Waals surface area contributed by atoms with Gasteiger partial charge in [-0.3, -0.25) is 0 Å². The average molecular weight is 376 g/mol. The fraction of sp³-hybridized carbons (Fsp3) is 0. The van der Waals surface area contributed by atoms with E-state index in [9.17, 15) is 0 Å². The molecule has 6 nitrogen and oxygen atoms in total. The van der Waals surface area contributed by atoms with Gasteiger partial charge in [-0.15, -0.1) is 15.3 Å². The molecule has 7 heteroatoms. The molecule has 0 fully saturated rings. The predicted octanol–water partition coefficient (Wildman–Crippen LogP) is 6.04. The summed E-state index contributed by atoms with van der Waals surface area (Å²) in [4.78, 5) is 4.33. The highest BCUT2D eigenvalue weighted by Gasteiger charge is 2.06. The van der Waals surface area contributed by atoms with Crippen LogP contribution in [0.1, 0.15) is 5.56 Å². The number of nitrogens with one attached hydrogen (secondary N) is 1. The maximum Gasteiger partial charge on any atom is 0.316 e. The van der Waals surface area contributed by atoms with Crippen LogP contribution in [-0.4, -0.2) is 10.8 Å². The predicted molar refractivity (Wildman–Crippen MR) is 107 cm³/mol. The molecule has 0 radical (unpaired) electrons. The van der Waals surface area contributed by atoms with Crippen molar-refractivity contribution >= 4 is 40.2 Å². The highest BCUT2D eigenvalue weighted by atomic mass is 35.5. The van der Waals surface area contributed by atoms with Crippen molar-refractivity contribution in [2.75, 3.05) is 5.43 Å².